The van der Waals surface area contributed by atoms with E-state index in [4.69, 9.17) is 18.9 Å². The number of ether oxygens (including phenoxy) is 4. The van der Waals surface area contributed by atoms with Gasteiger partial charge in [0.2, 0.25) is 0 Å². The van der Waals surface area contributed by atoms with Crippen LogP contribution < -0.4 is 0 Å². The molecule has 8 nitrogen and oxygen atoms in total. The molecule has 0 aromatic rings. The molecule has 8 heteroatoms. The van der Waals surface area contributed by atoms with E-state index in [0.29, 0.717) is 25.7 Å². The van der Waals surface area contributed by atoms with E-state index in [1.54, 1.807) is 13.8 Å². The molecule has 0 aromatic carbocycles. The van der Waals surface area contributed by atoms with Crippen LogP contribution in [0.1, 0.15) is 94.9 Å². The van der Waals surface area contributed by atoms with Gasteiger partial charge in [-0.3, -0.25) is 9.59 Å². The minimum Gasteiger partial charge on any atom is -0.460 e. The number of Topliss-reactive ketones (excluding diaryl/α,β-unsaturated/α-hetero) is 2. The van der Waals surface area contributed by atoms with Crippen molar-refractivity contribution < 1.29 is 38.1 Å². The lowest BCUT2D eigenvalue weighted by Gasteiger charge is -2.27. The van der Waals surface area contributed by atoms with Crippen LogP contribution >= 0.6 is 0 Å². The first-order valence-corrected chi connectivity index (χ1v) is 12.4. The molecule has 0 radical (unpaired) electrons. The first kappa shape index (κ1) is 32.2. The van der Waals surface area contributed by atoms with Crippen LogP contribution in [0.25, 0.3) is 0 Å². The fraction of sp³-hybridized carbons (Fsp3) is 0.846. The highest BCUT2D eigenvalue weighted by atomic mass is 16.6. The molecule has 0 aliphatic heterocycles. The van der Waals surface area contributed by atoms with Gasteiger partial charge >= 0.3 is 11.9 Å². The third-order valence-electron chi connectivity index (χ3n) is 5.30. The number of ketones is 2. The molecule has 0 saturated heterocycles. The van der Waals surface area contributed by atoms with Crippen molar-refractivity contribution >= 4 is 23.5 Å². The number of carbonyl (C=O) groups is 4. The van der Waals surface area contributed by atoms with Crippen LogP contribution in [0.3, 0.4) is 0 Å². The van der Waals surface area contributed by atoms with E-state index in [1.807, 2.05) is 55.4 Å². The van der Waals surface area contributed by atoms with Crippen molar-refractivity contribution in [3.8, 4) is 0 Å². The highest BCUT2D eigenvalue weighted by Gasteiger charge is 2.34. The maximum absolute atomic E-state index is 12.5. The van der Waals surface area contributed by atoms with Gasteiger partial charge in [0.15, 0.2) is 23.8 Å². The maximum atomic E-state index is 12.5. The van der Waals surface area contributed by atoms with Crippen LogP contribution in [0, 0.1) is 10.8 Å². The van der Waals surface area contributed by atoms with Gasteiger partial charge < -0.3 is 18.9 Å². The number of esters is 2. The Balaban J connectivity index is 4.76. The molecule has 198 valence electrons. The Morgan fingerprint density at radius 2 is 0.794 bits per heavy atom. The Hall–Kier alpha value is -1.80. The predicted molar refractivity (Wildman–Crippen MR) is 129 cm³/mol. The smallest absolute Gasteiger partial charge is 0.335 e. The number of hydrogen-bond acceptors (Lipinski definition) is 8. The third-order valence-corrected chi connectivity index (χ3v) is 5.30. The van der Waals surface area contributed by atoms with E-state index in [1.165, 1.54) is 0 Å². The minimum absolute atomic E-state index is 0.0730. The average molecular weight is 487 g/mol. The van der Waals surface area contributed by atoms with Crippen molar-refractivity contribution in [1.29, 1.82) is 0 Å². The summed E-state index contributed by atoms with van der Waals surface area (Å²) in [6.45, 7) is 17.8. The normalized spacial score (nSPS) is 15.7. The summed E-state index contributed by atoms with van der Waals surface area (Å²) in [5, 5.41) is 0. The zero-order chi connectivity index (χ0) is 26.7. The lowest BCUT2D eigenvalue weighted by atomic mass is 9.86. The molecular weight excluding hydrogens is 440 g/mol. The Labute approximate surface area is 205 Å². The highest BCUT2D eigenvalue weighted by molar-refractivity contribution is 5.88. The van der Waals surface area contributed by atoms with Crippen molar-refractivity contribution in [2.75, 3.05) is 13.2 Å². The lowest BCUT2D eigenvalue weighted by Crippen LogP contribution is -2.40. The van der Waals surface area contributed by atoms with E-state index >= 15 is 0 Å². The summed E-state index contributed by atoms with van der Waals surface area (Å²) < 4.78 is 21.9. The number of hydrogen-bond donors (Lipinski definition) is 0. The molecule has 4 atom stereocenters. The van der Waals surface area contributed by atoms with Crippen molar-refractivity contribution in [3.05, 3.63) is 0 Å². The maximum Gasteiger partial charge on any atom is 0.335 e. The van der Waals surface area contributed by atoms with Gasteiger partial charge in [-0.25, -0.2) is 9.59 Å². The monoisotopic (exact) mass is 486 g/mol. The van der Waals surface area contributed by atoms with Crippen LogP contribution in [0.4, 0.5) is 0 Å². The van der Waals surface area contributed by atoms with Gasteiger partial charge in [-0.05, 0) is 25.7 Å². The predicted octanol–water partition coefficient (Wildman–Crippen LogP) is 4.45. The SMILES string of the molecule is CCC(OC(CC)C(=O)C(C)(C)C)C(=O)OCCOC(=O)C(CC)OC(CC)C(=O)C(C)(C)C. The molecule has 0 N–H and O–H groups in total. The largest absolute Gasteiger partial charge is 0.460 e. The molecule has 34 heavy (non-hydrogen) atoms. The fourth-order valence-corrected chi connectivity index (χ4v) is 3.16. The summed E-state index contributed by atoms with van der Waals surface area (Å²) in [6, 6.07) is 0. The molecule has 0 aliphatic carbocycles. The zero-order valence-corrected chi connectivity index (χ0v) is 22.8. The Bertz CT molecular complexity index is 613. The van der Waals surface area contributed by atoms with E-state index in [9.17, 15) is 19.2 Å². The zero-order valence-electron chi connectivity index (χ0n) is 22.8. The molecule has 0 saturated carbocycles. The number of carbonyl (C=O) groups excluding carboxylic acids is 4. The standard InChI is InChI=1S/C26H46O8/c1-11-17(21(27)25(5,6)7)33-19(13-3)23(29)31-15-16-32-24(30)20(14-4)34-18(12-2)22(28)26(8,9)10/h17-20H,11-16H2,1-10H3. The summed E-state index contributed by atoms with van der Waals surface area (Å²) in [7, 11) is 0. The Kier molecular flexibility index (Phi) is 13.8. The van der Waals surface area contributed by atoms with Gasteiger partial charge in [0.25, 0.3) is 0 Å². The first-order chi connectivity index (χ1) is 15.6. The number of rotatable bonds is 15. The Morgan fingerprint density at radius 3 is 1.00 bits per heavy atom. The van der Waals surface area contributed by atoms with Gasteiger partial charge in [-0.2, -0.15) is 0 Å². The van der Waals surface area contributed by atoms with E-state index in [0.717, 1.165) is 0 Å². The molecule has 0 amide bonds. The molecule has 4 unspecified atom stereocenters. The van der Waals surface area contributed by atoms with Gasteiger partial charge in [0, 0.05) is 10.8 Å². The van der Waals surface area contributed by atoms with Crippen molar-refractivity contribution in [3.63, 3.8) is 0 Å². The highest BCUT2D eigenvalue weighted by Crippen LogP contribution is 2.23. The molecule has 0 aromatic heterocycles. The lowest BCUT2D eigenvalue weighted by molar-refractivity contribution is -0.173. The molecule has 0 heterocycles. The third kappa shape index (κ3) is 10.6. The second-order valence-electron chi connectivity index (χ2n) is 10.4. The van der Waals surface area contributed by atoms with Crippen molar-refractivity contribution in [2.45, 2.75) is 119 Å². The topological polar surface area (TPSA) is 105 Å². The molecule has 0 fully saturated rings. The average Bonchev–Trinajstić information content (AvgIpc) is 2.76. The van der Waals surface area contributed by atoms with E-state index in [2.05, 4.69) is 0 Å². The van der Waals surface area contributed by atoms with Gasteiger partial charge in [0.05, 0.1) is 0 Å². The van der Waals surface area contributed by atoms with E-state index in [-0.39, 0.29) is 24.8 Å². The van der Waals surface area contributed by atoms with Crippen molar-refractivity contribution in [1.82, 2.24) is 0 Å². The van der Waals surface area contributed by atoms with Crippen molar-refractivity contribution in [2.24, 2.45) is 10.8 Å². The first-order valence-electron chi connectivity index (χ1n) is 12.4. The minimum atomic E-state index is -0.882. The summed E-state index contributed by atoms with van der Waals surface area (Å²) >= 11 is 0. The second-order valence-corrected chi connectivity index (χ2v) is 10.4. The second kappa shape index (κ2) is 14.6. The van der Waals surface area contributed by atoms with Crippen LogP contribution in [-0.4, -0.2) is 61.1 Å². The van der Waals surface area contributed by atoms with Gasteiger partial charge in [0.1, 0.15) is 25.4 Å². The Morgan fingerprint density at radius 1 is 0.529 bits per heavy atom. The summed E-state index contributed by atoms with van der Waals surface area (Å²) in [5.41, 5.74) is -1.16. The molecular formula is C26H46O8. The van der Waals surface area contributed by atoms with Crippen LogP contribution in [-0.2, 0) is 38.1 Å². The molecule has 0 aliphatic rings. The van der Waals surface area contributed by atoms with Crippen LogP contribution in [0.2, 0.25) is 0 Å². The van der Waals surface area contributed by atoms with Crippen LogP contribution in [0.15, 0.2) is 0 Å². The van der Waals surface area contributed by atoms with E-state index < -0.39 is 47.2 Å². The summed E-state index contributed by atoms with van der Waals surface area (Å²) in [5.74, 6) is -1.36. The summed E-state index contributed by atoms with van der Waals surface area (Å²) in [6.07, 6.45) is -1.56. The summed E-state index contributed by atoms with van der Waals surface area (Å²) in [4.78, 5) is 49.9. The van der Waals surface area contributed by atoms with Crippen LogP contribution in [0.5, 0.6) is 0 Å². The quantitative estimate of drug-likeness (QED) is 0.247. The van der Waals surface area contributed by atoms with Gasteiger partial charge in [-0.1, -0.05) is 69.2 Å². The fourth-order valence-electron chi connectivity index (χ4n) is 3.16. The van der Waals surface area contributed by atoms with Gasteiger partial charge in [-0.15, -0.1) is 0 Å². The molecule has 0 spiro atoms. The molecule has 0 bridgehead atoms. The molecule has 0 rings (SSSR count).